The van der Waals surface area contributed by atoms with E-state index in [2.05, 4.69) is 0 Å². The lowest BCUT2D eigenvalue weighted by atomic mass is 10.1. The second-order valence-corrected chi connectivity index (χ2v) is 2.73. The van der Waals surface area contributed by atoms with E-state index in [0.29, 0.717) is 13.3 Å². The van der Waals surface area contributed by atoms with Gasteiger partial charge < -0.3 is 15.2 Å². The number of fused-ring (bicyclic) bond motifs is 1. The molecule has 0 amide bonds. The van der Waals surface area contributed by atoms with Crippen LogP contribution in [0.1, 0.15) is 13.0 Å². The predicted molar refractivity (Wildman–Crippen MR) is 52.1 cm³/mol. The van der Waals surface area contributed by atoms with Crippen molar-refractivity contribution in [1.82, 2.24) is 0 Å². The molecule has 2 N–H and O–H groups in total. The Balaban J connectivity index is 0.000000845. The van der Waals surface area contributed by atoms with Crippen LogP contribution in [0.4, 0.5) is 0 Å². The van der Waals surface area contributed by atoms with E-state index in [1.165, 1.54) is 5.56 Å². The highest BCUT2D eigenvalue weighted by Gasteiger charge is 2.12. The summed E-state index contributed by atoms with van der Waals surface area (Å²) < 4.78 is 10.4. The average molecular weight is 181 g/mol. The Hall–Kier alpha value is -1.22. The van der Waals surface area contributed by atoms with E-state index < -0.39 is 0 Å². The van der Waals surface area contributed by atoms with Gasteiger partial charge in [0.05, 0.1) is 0 Å². The summed E-state index contributed by atoms with van der Waals surface area (Å²) in [7, 11) is 0. The minimum atomic E-state index is 0. The molecular formula is C10H15NO2. The molecule has 0 atom stereocenters. The van der Waals surface area contributed by atoms with Gasteiger partial charge in [0.25, 0.3) is 0 Å². The molecule has 0 aliphatic carbocycles. The first-order valence-corrected chi connectivity index (χ1v) is 3.99. The quantitative estimate of drug-likeness (QED) is 0.752. The van der Waals surface area contributed by atoms with E-state index in [1.807, 2.05) is 18.2 Å². The van der Waals surface area contributed by atoms with E-state index in [9.17, 15) is 0 Å². The number of nitrogens with two attached hydrogens (primary N) is 1. The van der Waals surface area contributed by atoms with Crippen LogP contribution in [0, 0.1) is 0 Å². The lowest BCUT2D eigenvalue weighted by Gasteiger charge is -1.99. The number of rotatable bonds is 2. The molecule has 1 heterocycles. The van der Waals surface area contributed by atoms with Crippen molar-refractivity contribution in [2.24, 2.45) is 5.73 Å². The minimum absolute atomic E-state index is 0. The highest BCUT2D eigenvalue weighted by atomic mass is 16.7. The van der Waals surface area contributed by atoms with Crippen LogP contribution in [0.15, 0.2) is 18.2 Å². The summed E-state index contributed by atoms with van der Waals surface area (Å²) in [6.07, 6.45) is 0.886. The first kappa shape index (κ1) is 9.86. The van der Waals surface area contributed by atoms with Crippen LogP contribution in [0.2, 0.25) is 0 Å². The fourth-order valence-electron chi connectivity index (χ4n) is 1.26. The molecule has 1 aromatic rings. The van der Waals surface area contributed by atoms with Crippen LogP contribution in [0.25, 0.3) is 0 Å². The molecule has 3 heteroatoms. The minimum Gasteiger partial charge on any atom is -0.454 e. The molecular weight excluding hydrogens is 166 g/mol. The van der Waals surface area contributed by atoms with Gasteiger partial charge in [0.1, 0.15) is 0 Å². The van der Waals surface area contributed by atoms with Gasteiger partial charge in [-0.1, -0.05) is 13.5 Å². The molecule has 0 saturated heterocycles. The summed E-state index contributed by atoms with van der Waals surface area (Å²) in [5.74, 6) is 1.66. The van der Waals surface area contributed by atoms with Gasteiger partial charge in [-0.15, -0.1) is 0 Å². The first-order valence-electron chi connectivity index (χ1n) is 3.99. The van der Waals surface area contributed by atoms with Gasteiger partial charge in [-0.3, -0.25) is 0 Å². The summed E-state index contributed by atoms with van der Waals surface area (Å²) in [4.78, 5) is 0. The molecule has 0 radical (unpaired) electrons. The third-order valence-electron chi connectivity index (χ3n) is 1.87. The van der Waals surface area contributed by atoms with Gasteiger partial charge in [0.15, 0.2) is 11.5 Å². The molecule has 1 aliphatic rings. The van der Waals surface area contributed by atoms with Crippen LogP contribution in [-0.2, 0) is 6.42 Å². The second kappa shape index (κ2) is 4.14. The topological polar surface area (TPSA) is 44.5 Å². The zero-order valence-electron chi connectivity index (χ0n) is 6.75. The van der Waals surface area contributed by atoms with Crippen LogP contribution < -0.4 is 15.2 Å². The Morgan fingerprint density at radius 3 is 2.77 bits per heavy atom. The molecule has 0 bridgehead atoms. The van der Waals surface area contributed by atoms with Crippen LogP contribution in [0.3, 0.4) is 0 Å². The number of benzene rings is 1. The van der Waals surface area contributed by atoms with Crippen molar-refractivity contribution in [1.29, 1.82) is 0 Å². The van der Waals surface area contributed by atoms with Gasteiger partial charge in [-0.25, -0.2) is 0 Å². The van der Waals surface area contributed by atoms with Gasteiger partial charge in [0.2, 0.25) is 6.79 Å². The third-order valence-corrected chi connectivity index (χ3v) is 1.87. The second-order valence-electron chi connectivity index (χ2n) is 2.73. The fraction of sp³-hybridized carbons (Fsp3) is 0.400. The monoisotopic (exact) mass is 181 g/mol. The maximum atomic E-state index is 5.43. The van der Waals surface area contributed by atoms with Crippen molar-refractivity contribution >= 4 is 0 Å². The lowest BCUT2D eigenvalue weighted by molar-refractivity contribution is 0.174. The Morgan fingerprint density at radius 2 is 2.00 bits per heavy atom. The lowest BCUT2D eigenvalue weighted by Crippen LogP contribution is -2.02. The maximum Gasteiger partial charge on any atom is 0.231 e. The van der Waals surface area contributed by atoms with Crippen LogP contribution in [-0.4, -0.2) is 13.3 Å². The van der Waals surface area contributed by atoms with E-state index in [1.54, 1.807) is 0 Å². The SMILES string of the molecule is C.NCCc1ccc2c(c1)OCO2. The van der Waals surface area contributed by atoms with Gasteiger partial charge in [0, 0.05) is 0 Å². The van der Waals surface area contributed by atoms with Crippen molar-refractivity contribution < 1.29 is 9.47 Å². The van der Waals surface area contributed by atoms with Crippen LogP contribution in [0.5, 0.6) is 11.5 Å². The van der Waals surface area contributed by atoms with E-state index in [4.69, 9.17) is 15.2 Å². The van der Waals surface area contributed by atoms with Crippen molar-refractivity contribution in [3.63, 3.8) is 0 Å². The molecule has 0 aromatic heterocycles. The van der Waals surface area contributed by atoms with E-state index >= 15 is 0 Å². The average Bonchev–Trinajstić information content (AvgIpc) is 2.51. The Bertz CT molecular complexity index is 286. The predicted octanol–water partition coefficient (Wildman–Crippen LogP) is 1.55. The summed E-state index contributed by atoms with van der Waals surface area (Å²) in [6, 6.07) is 5.92. The highest BCUT2D eigenvalue weighted by molar-refractivity contribution is 5.44. The summed E-state index contributed by atoms with van der Waals surface area (Å²) in [5, 5.41) is 0. The molecule has 0 spiro atoms. The fourth-order valence-corrected chi connectivity index (χ4v) is 1.26. The number of hydrogen-bond acceptors (Lipinski definition) is 3. The number of hydrogen-bond donors (Lipinski definition) is 1. The molecule has 3 nitrogen and oxygen atoms in total. The molecule has 13 heavy (non-hydrogen) atoms. The molecule has 0 saturated carbocycles. The third kappa shape index (κ3) is 1.92. The number of ether oxygens (including phenoxy) is 2. The Kier molecular flexibility index (Phi) is 3.14. The van der Waals surface area contributed by atoms with E-state index in [-0.39, 0.29) is 7.43 Å². The van der Waals surface area contributed by atoms with Gasteiger partial charge in [-0.2, -0.15) is 0 Å². The Labute approximate surface area is 78.5 Å². The first-order chi connectivity index (χ1) is 5.90. The van der Waals surface area contributed by atoms with Gasteiger partial charge >= 0.3 is 0 Å². The molecule has 0 fully saturated rings. The molecule has 72 valence electrons. The normalized spacial score (nSPS) is 12.4. The summed E-state index contributed by atoms with van der Waals surface area (Å²) in [6.45, 7) is 1.00. The Morgan fingerprint density at radius 1 is 1.23 bits per heavy atom. The zero-order chi connectivity index (χ0) is 8.39. The molecule has 2 rings (SSSR count). The van der Waals surface area contributed by atoms with Crippen molar-refractivity contribution in [3.05, 3.63) is 23.8 Å². The van der Waals surface area contributed by atoms with E-state index in [0.717, 1.165) is 17.9 Å². The molecule has 1 aromatic carbocycles. The molecule has 1 aliphatic heterocycles. The van der Waals surface area contributed by atoms with Crippen molar-refractivity contribution in [2.45, 2.75) is 13.8 Å². The van der Waals surface area contributed by atoms with Crippen molar-refractivity contribution in [3.8, 4) is 11.5 Å². The zero-order valence-corrected chi connectivity index (χ0v) is 6.75. The standard InChI is InChI=1S/C9H11NO2.CH4/c10-4-3-7-1-2-8-9(5-7)12-6-11-8;/h1-2,5H,3-4,6,10H2;1H4. The maximum absolute atomic E-state index is 5.43. The highest BCUT2D eigenvalue weighted by Crippen LogP contribution is 2.32. The van der Waals surface area contributed by atoms with Gasteiger partial charge in [-0.05, 0) is 30.7 Å². The van der Waals surface area contributed by atoms with Crippen LogP contribution >= 0.6 is 0 Å². The summed E-state index contributed by atoms with van der Waals surface area (Å²) in [5.41, 5.74) is 6.63. The largest absolute Gasteiger partial charge is 0.454 e. The van der Waals surface area contributed by atoms with Crippen molar-refractivity contribution in [2.75, 3.05) is 13.3 Å². The molecule has 0 unspecified atom stereocenters. The summed E-state index contributed by atoms with van der Waals surface area (Å²) >= 11 is 0. The smallest absolute Gasteiger partial charge is 0.231 e.